The number of esters is 1. The molecular formula is C16H12O2S. The van der Waals surface area contributed by atoms with Gasteiger partial charge in [0.15, 0.2) is 4.93 Å². The van der Waals surface area contributed by atoms with Gasteiger partial charge in [-0.1, -0.05) is 48.2 Å². The Morgan fingerprint density at radius 2 is 1.84 bits per heavy atom. The predicted octanol–water partition coefficient (Wildman–Crippen LogP) is 3.75. The molecular weight excluding hydrogens is 256 g/mol. The van der Waals surface area contributed by atoms with Crippen molar-refractivity contribution in [3.63, 3.8) is 0 Å². The largest absolute Gasteiger partial charge is 0.439 e. The van der Waals surface area contributed by atoms with Crippen LogP contribution < -0.4 is 0 Å². The van der Waals surface area contributed by atoms with Crippen LogP contribution >= 0.6 is 11.8 Å². The van der Waals surface area contributed by atoms with E-state index < -0.39 is 4.93 Å². The minimum atomic E-state index is -0.512. The van der Waals surface area contributed by atoms with E-state index in [0.717, 1.165) is 23.3 Å². The molecule has 2 nitrogen and oxygen atoms in total. The molecule has 2 aromatic rings. The normalized spacial score (nSPS) is 23.9. The van der Waals surface area contributed by atoms with Gasteiger partial charge in [0, 0.05) is 16.9 Å². The Kier molecular flexibility index (Phi) is 2.27. The van der Waals surface area contributed by atoms with Crippen molar-refractivity contribution in [3.05, 3.63) is 65.2 Å². The van der Waals surface area contributed by atoms with E-state index in [-0.39, 0.29) is 5.97 Å². The molecule has 4 rings (SSSR count). The molecule has 1 atom stereocenters. The maximum Gasteiger partial charge on any atom is 0.340 e. The van der Waals surface area contributed by atoms with Crippen LogP contribution in [0.15, 0.2) is 53.4 Å². The molecule has 1 aliphatic carbocycles. The van der Waals surface area contributed by atoms with Crippen molar-refractivity contribution in [1.29, 1.82) is 0 Å². The molecule has 19 heavy (non-hydrogen) atoms. The molecule has 0 aromatic heterocycles. The van der Waals surface area contributed by atoms with Crippen molar-refractivity contribution >= 4 is 17.7 Å². The Morgan fingerprint density at radius 3 is 2.79 bits per heavy atom. The predicted molar refractivity (Wildman–Crippen MR) is 74.2 cm³/mol. The topological polar surface area (TPSA) is 26.3 Å². The first-order valence-electron chi connectivity index (χ1n) is 6.38. The van der Waals surface area contributed by atoms with E-state index in [4.69, 9.17) is 4.74 Å². The van der Waals surface area contributed by atoms with E-state index in [1.54, 1.807) is 11.8 Å². The summed E-state index contributed by atoms with van der Waals surface area (Å²) in [5.74, 6) is -0.203. The van der Waals surface area contributed by atoms with Crippen LogP contribution in [0.25, 0.3) is 0 Å². The highest BCUT2D eigenvalue weighted by molar-refractivity contribution is 8.00. The quantitative estimate of drug-likeness (QED) is 0.681. The third-order valence-corrected chi connectivity index (χ3v) is 5.20. The third-order valence-electron chi connectivity index (χ3n) is 3.79. The number of ether oxygens (including phenoxy) is 1. The smallest absolute Gasteiger partial charge is 0.340 e. The summed E-state index contributed by atoms with van der Waals surface area (Å²) in [5, 5.41) is 0. The lowest BCUT2D eigenvalue weighted by molar-refractivity contribution is 0.0166. The number of hydrogen-bond donors (Lipinski definition) is 0. The summed E-state index contributed by atoms with van der Waals surface area (Å²) in [4.78, 5) is 12.7. The lowest BCUT2D eigenvalue weighted by atomic mass is 10.1. The first-order valence-corrected chi connectivity index (χ1v) is 7.20. The Labute approximate surface area is 115 Å². The lowest BCUT2D eigenvalue weighted by Gasteiger charge is -2.34. The van der Waals surface area contributed by atoms with Gasteiger partial charge in [0.05, 0.1) is 5.56 Å². The molecule has 3 heteroatoms. The van der Waals surface area contributed by atoms with Crippen LogP contribution in [0.4, 0.5) is 0 Å². The average Bonchev–Trinajstić information content (AvgIpc) is 2.78. The molecule has 1 heterocycles. The van der Waals surface area contributed by atoms with Crippen molar-refractivity contribution in [1.82, 2.24) is 0 Å². The van der Waals surface area contributed by atoms with Gasteiger partial charge in [-0.3, -0.25) is 0 Å². The molecule has 0 saturated heterocycles. The van der Waals surface area contributed by atoms with Gasteiger partial charge < -0.3 is 4.74 Å². The van der Waals surface area contributed by atoms with E-state index >= 15 is 0 Å². The van der Waals surface area contributed by atoms with Gasteiger partial charge in [-0.15, -0.1) is 0 Å². The van der Waals surface area contributed by atoms with E-state index in [2.05, 4.69) is 12.1 Å². The van der Waals surface area contributed by atoms with E-state index in [1.165, 1.54) is 5.56 Å². The molecule has 1 unspecified atom stereocenters. The van der Waals surface area contributed by atoms with Gasteiger partial charge in [-0.25, -0.2) is 4.79 Å². The number of benzene rings is 2. The van der Waals surface area contributed by atoms with Crippen molar-refractivity contribution in [2.75, 3.05) is 0 Å². The number of aryl methyl sites for hydroxylation is 1. The van der Waals surface area contributed by atoms with Crippen molar-refractivity contribution < 1.29 is 9.53 Å². The highest BCUT2D eigenvalue weighted by Crippen LogP contribution is 2.54. The van der Waals surface area contributed by atoms with Crippen LogP contribution in [0.1, 0.15) is 27.9 Å². The van der Waals surface area contributed by atoms with Crippen molar-refractivity contribution in [2.24, 2.45) is 0 Å². The minimum Gasteiger partial charge on any atom is -0.439 e. The molecule has 2 aliphatic rings. The molecule has 1 aliphatic heterocycles. The number of rotatable bonds is 0. The second-order valence-electron chi connectivity index (χ2n) is 4.90. The minimum absolute atomic E-state index is 0.203. The van der Waals surface area contributed by atoms with Crippen LogP contribution in [-0.2, 0) is 16.1 Å². The van der Waals surface area contributed by atoms with Gasteiger partial charge in [0.25, 0.3) is 0 Å². The molecule has 0 radical (unpaired) electrons. The molecule has 0 N–H and O–H groups in total. The highest BCUT2D eigenvalue weighted by atomic mass is 32.2. The summed E-state index contributed by atoms with van der Waals surface area (Å²) >= 11 is 1.67. The summed E-state index contributed by atoms with van der Waals surface area (Å²) in [7, 11) is 0. The number of fused-ring (bicyclic) bond motifs is 3. The second kappa shape index (κ2) is 3.87. The molecule has 0 fully saturated rings. The van der Waals surface area contributed by atoms with Crippen LogP contribution in [-0.4, -0.2) is 5.97 Å². The van der Waals surface area contributed by atoms with E-state index in [9.17, 15) is 4.79 Å². The number of carbonyl (C=O) groups is 1. The Balaban J connectivity index is 1.86. The molecule has 1 spiro atoms. The lowest BCUT2D eigenvalue weighted by Crippen LogP contribution is -2.30. The zero-order valence-corrected chi connectivity index (χ0v) is 11.1. The van der Waals surface area contributed by atoms with Crippen molar-refractivity contribution in [2.45, 2.75) is 22.7 Å². The zero-order chi connectivity index (χ0) is 12.9. The van der Waals surface area contributed by atoms with Crippen LogP contribution in [0.2, 0.25) is 0 Å². The van der Waals surface area contributed by atoms with Crippen LogP contribution in [0, 0.1) is 0 Å². The Hall–Kier alpha value is -1.74. The van der Waals surface area contributed by atoms with Crippen molar-refractivity contribution in [3.8, 4) is 0 Å². The molecule has 94 valence electrons. The van der Waals surface area contributed by atoms with Gasteiger partial charge in [-0.05, 0) is 24.1 Å². The number of hydrogen-bond acceptors (Lipinski definition) is 3. The second-order valence-corrected chi connectivity index (χ2v) is 6.20. The highest BCUT2D eigenvalue weighted by Gasteiger charge is 2.46. The Bertz CT molecular complexity index is 680. The average molecular weight is 268 g/mol. The molecule has 2 aromatic carbocycles. The fraction of sp³-hybridized carbons (Fsp3) is 0.188. The van der Waals surface area contributed by atoms with Gasteiger partial charge >= 0.3 is 5.97 Å². The number of carbonyl (C=O) groups excluding carboxylic acids is 1. The maximum atomic E-state index is 12.2. The molecule has 0 bridgehead atoms. The molecule has 0 saturated carbocycles. The van der Waals surface area contributed by atoms with Gasteiger partial charge in [-0.2, -0.15) is 0 Å². The third kappa shape index (κ3) is 1.55. The standard InChI is InChI=1S/C16H12O2S/c17-15-12-6-2-4-8-14(12)19-16(18-15)10-9-11-5-1-3-7-13(11)16/h1-8H,9-10H2. The fourth-order valence-corrected chi connectivity index (χ4v) is 4.28. The monoisotopic (exact) mass is 268 g/mol. The van der Waals surface area contributed by atoms with Crippen LogP contribution in [0.3, 0.4) is 0 Å². The Morgan fingerprint density at radius 1 is 1.05 bits per heavy atom. The fourth-order valence-electron chi connectivity index (χ4n) is 2.88. The maximum absolute atomic E-state index is 12.2. The summed E-state index contributed by atoms with van der Waals surface area (Å²) in [6.45, 7) is 0. The summed E-state index contributed by atoms with van der Waals surface area (Å²) < 4.78 is 5.81. The van der Waals surface area contributed by atoms with Gasteiger partial charge in [0.2, 0.25) is 0 Å². The summed E-state index contributed by atoms with van der Waals surface area (Å²) in [5.41, 5.74) is 3.13. The van der Waals surface area contributed by atoms with E-state index in [0.29, 0.717) is 5.56 Å². The van der Waals surface area contributed by atoms with Crippen LogP contribution in [0.5, 0.6) is 0 Å². The summed E-state index contributed by atoms with van der Waals surface area (Å²) in [6.07, 6.45) is 1.83. The first kappa shape index (κ1) is 11.1. The first-order chi connectivity index (χ1) is 9.28. The van der Waals surface area contributed by atoms with Gasteiger partial charge in [0.1, 0.15) is 0 Å². The zero-order valence-electron chi connectivity index (χ0n) is 10.3. The number of thioether (sulfide) groups is 1. The summed E-state index contributed by atoms with van der Waals surface area (Å²) in [6, 6.07) is 15.9. The van der Waals surface area contributed by atoms with E-state index in [1.807, 2.05) is 36.4 Å². The SMILES string of the molecule is O=C1OC2(CCc3ccccc32)Sc2ccccc21. The molecule has 0 amide bonds.